The summed E-state index contributed by atoms with van der Waals surface area (Å²) in [6.07, 6.45) is 1.53. The highest BCUT2D eigenvalue weighted by Gasteiger charge is 2.25. The maximum atomic E-state index is 9.08. The first-order valence-electron chi connectivity index (χ1n) is 4.33. The fourth-order valence-corrected chi connectivity index (χ4v) is 1.28. The van der Waals surface area contributed by atoms with Crippen LogP contribution in [-0.2, 0) is 5.54 Å². The quantitative estimate of drug-likeness (QED) is 0.471. The first kappa shape index (κ1) is 11.5. The molecule has 0 spiro atoms. The summed E-state index contributed by atoms with van der Waals surface area (Å²) in [4.78, 5) is 7.98. The van der Waals surface area contributed by atoms with Gasteiger partial charge in [-0.3, -0.25) is 0 Å². The minimum Gasteiger partial charge on any atom is -0.388 e. The molecule has 2 N–H and O–H groups in total. The number of nitrogens with zero attached hydrogens (tertiary/aromatic N) is 3. The molecular weight excluding hydrogens is 212 g/mol. The minimum absolute atomic E-state index is 0.356. The van der Waals surface area contributed by atoms with Gasteiger partial charge < -0.3 is 5.73 Å². The Morgan fingerprint density at radius 2 is 2.33 bits per heavy atom. The minimum atomic E-state index is -1.00. The van der Waals surface area contributed by atoms with Gasteiger partial charge in [-0.25, -0.2) is 9.98 Å². The molecule has 4 nitrogen and oxygen atoms in total. The van der Waals surface area contributed by atoms with Gasteiger partial charge in [0.25, 0.3) is 0 Å². The summed E-state index contributed by atoms with van der Waals surface area (Å²) >= 11 is 5.66. The van der Waals surface area contributed by atoms with Crippen LogP contribution in [0.5, 0.6) is 0 Å². The lowest BCUT2D eigenvalue weighted by molar-refractivity contribution is 0.645. The van der Waals surface area contributed by atoms with Crippen LogP contribution < -0.4 is 5.73 Å². The molecule has 1 aromatic heterocycles. The SMILES string of the molecule is CC(N)=NC(C)(C#N)c1ccc(Cl)nc1. The highest BCUT2D eigenvalue weighted by atomic mass is 35.5. The largest absolute Gasteiger partial charge is 0.388 e. The van der Waals surface area contributed by atoms with Crippen molar-refractivity contribution in [1.29, 1.82) is 5.26 Å². The summed E-state index contributed by atoms with van der Waals surface area (Å²) in [6, 6.07) is 5.43. The molecule has 1 heterocycles. The lowest BCUT2D eigenvalue weighted by Gasteiger charge is -2.16. The summed E-state index contributed by atoms with van der Waals surface area (Å²) in [7, 11) is 0. The third-order valence-electron chi connectivity index (χ3n) is 1.91. The van der Waals surface area contributed by atoms with Crippen LogP contribution in [0.15, 0.2) is 23.3 Å². The number of nitriles is 1. The Morgan fingerprint density at radius 1 is 1.67 bits per heavy atom. The maximum Gasteiger partial charge on any atom is 0.172 e. The van der Waals surface area contributed by atoms with Crippen molar-refractivity contribution in [2.24, 2.45) is 10.7 Å². The number of hydrogen-bond donors (Lipinski definition) is 1. The fourth-order valence-electron chi connectivity index (χ4n) is 1.17. The van der Waals surface area contributed by atoms with E-state index in [2.05, 4.69) is 16.0 Å². The highest BCUT2D eigenvalue weighted by molar-refractivity contribution is 6.29. The molecule has 1 atom stereocenters. The van der Waals surface area contributed by atoms with Crippen molar-refractivity contribution in [1.82, 2.24) is 4.98 Å². The summed E-state index contributed by atoms with van der Waals surface area (Å²) < 4.78 is 0. The van der Waals surface area contributed by atoms with E-state index in [9.17, 15) is 0 Å². The smallest absolute Gasteiger partial charge is 0.172 e. The zero-order chi connectivity index (χ0) is 11.5. The van der Waals surface area contributed by atoms with Gasteiger partial charge >= 0.3 is 0 Å². The number of aromatic nitrogens is 1. The van der Waals surface area contributed by atoms with Gasteiger partial charge in [-0.15, -0.1) is 0 Å². The lowest BCUT2D eigenvalue weighted by Crippen LogP contribution is -2.21. The van der Waals surface area contributed by atoms with E-state index in [0.29, 0.717) is 16.6 Å². The van der Waals surface area contributed by atoms with E-state index in [4.69, 9.17) is 22.6 Å². The van der Waals surface area contributed by atoms with Gasteiger partial charge in [0.05, 0.1) is 11.9 Å². The molecule has 0 bridgehead atoms. The van der Waals surface area contributed by atoms with Gasteiger partial charge in [0.1, 0.15) is 5.15 Å². The normalized spacial score (nSPS) is 15.5. The molecular formula is C10H11ClN4. The number of aliphatic imine (C=N–C) groups is 1. The summed E-state index contributed by atoms with van der Waals surface area (Å²) in [5.41, 5.74) is 5.14. The molecule has 0 aromatic carbocycles. The summed E-state index contributed by atoms with van der Waals surface area (Å²) in [5, 5.41) is 9.47. The molecule has 0 amide bonds. The number of pyridine rings is 1. The van der Waals surface area contributed by atoms with Crippen LogP contribution in [0, 0.1) is 11.3 Å². The van der Waals surface area contributed by atoms with Crippen LogP contribution in [0.25, 0.3) is 0 Å². The molecule has 78 valence electrons. The predicted molar refractivity (Wildman–Crippen MR) is 59.5 cm³/mol. The Kier molecular flexibility index (Phi) is 3.28. The molecule has 0 fully saturated rings. The van der Waals surface area contributed by atoms with Crippen LogP contribution in [0.3, 0.4) is 0 Å². The Labute approximate surface area is 93.4 Å². The van der Waals surface area contributed by atoms with Gasteiger partial charge in [0, 0.05) is 11.8 Å². The van der Waals surface area contributed by atoms with E-state index in [0.717, 1.165) is 0 Å². The molecule has 0 saturated heterocycles. The van der Waals surface area contributed by atoms with Crippen molar-refractivity contribution in [2.45, 2.75) is 19.4 Å². The van der Waals surface area contributed by atoms with Crippen molar-refractivity contribution in [3.05, 3.63) is 29.0 Å². The average Bonchev–Trinajstić information content (AvgIpc) is 2.17. The van der Waals surface area contributed by atoms with E-state index >= 15 is 0 Å². The van der Waals surface area contributed by atoms with Gasteiger partial charge in [0.2, 0.25) is 0 Å². The van der Waals surface area contributed by atoms with Gasteiger partial charge in [-0.2, -0.15) is 5.26 Å². The zero-order valence-electron chi connectivity index (χ0n) is 8.53. The molecule has 1 aromatic rings. The number of hydrogen-bond acceptors (Lipinski definition) is 3. The Bertz CT molecular complexity index is 414. The third kappa shape index (κ3) is 2.67. The van der Waals surface area contributed by atoms with Gasteiger partial charge in [0.15, 0.2) is 5.54 Å². The molecule has 1 unspecified atom stereocenters. The van der Waals surface area contributed by atoms with Crippen LogP contribution in [0.4, 0.5) is 0 Å². The number of halogens is 1. The Morgan fingerprint density at radius 3 is 2.73 bits per heavy atom. The van der Waals surface area contributed by atoms with E-state index in [1.807, 2.05) is 0 Å². The van der Waals surface area contributed by atoms with Crippen LogP contribution in [-0.4, -0.2) is 10.8 Å². The molecule has 0 radical (unpaired) electrons. The second kappa shape index (κ2) is 4.28. The van der Waals surface area contributed by atoms with Crippen molar-refractivity contribution < 1.29 is 0 Å². The molecule has 0 aliphatic rings. The first-order chi connectivity index (χ1) is 6.98. The lowest BCUT2D eigenvalue weighted by atomic mass is 9.96. The number of rotatable bonds is 2. The standard InChI is InChI=1S/C10H11ClN4/c1-7(13)15-10(2,6-12)8-3-4-9(11)14-5-8/h3-5H,1-2H3,(H2,13,15). The second-order valence-corrected chi connectivity index (χ2v) is 3.69. The predicted octanol–water partition coefficient (Wildman–Crippen LogP) is 1.85. The highest BCUT2D eigenvalue weighted by Crippen LogP contribution is 2.24. The molecule has 15 heavy (non-hydrogen) atoms. The van der Waals surface area contributed by atoms with Crippen molar-refractivity contribution in [2.75, 3.05) is 0 Å². The van der Waals surface area contributed by atoms with Crippen molar-refractivity contribution in [3.63, 3.8) is 0 Å². The van der Waals surface area contributed by atoms with E-state index in [-0.39, 0.29) is 0 Å². The van der Waals surface area contributed by atoms with Crippen molar-refractivity contribution in [3.8, 4) is 6.07 Å². The monoisotopic (exact) mass is 222 g/mol. The van der Waals surface area contributed by atoms with E-state index < -0.39 is 5.54 Å². The summed E-state index contributed by atoms with van der Waals surface area (Å²) in [6.45, 7) is 3.31. The Hall–Kier alpha value is -1.60. The van der Waals surface area contributed by atoms with E-state index in [1.54, 1.807) is 26.0 Å². The van der Waals surface area contributed by atoms with Crippen LogP contribution in [0.2, 0.25) is 5.15 Å². The van der Waals surface area contributed by atoms with Gasteiger partial charge in [-0.05, 0) is 19.9 Å². The fraction of sp³-hybridized carbons (Fsp3) is 0.300. The molecule has 0 aliphatic carbocycles. The summed E-state index contributed by atoms with van der Waals surface area (Å²) in [5.74, 6) is 0.356. The molecule has 0 saturated carbocycles. The molecule has 0 aliphatic heterocycles. The van der Waals surface area contributed by atoms with Crippen LogP contribution >= 0.6 is 11.6 Å². The van der Waals surface area contributed by atoms with Crippen LogP contribution in [0.1, 0.15) is 19.4 Å². The number of nitrogens with two attached hydrogens (primary N) is 1. The first-order valence-corrected chi connectivity index (χ1v) is 4.71. The second-order valence-electron chi connectivity index (χ2n) is 3.31. The zero-order valence-corrected chi connectivity index (χ0v) is 9.28. The van der Waals surface area contributed by atoms with Gasteiger partial charge in [-0.1, -0.05) is 17.7 Å². The Balaban J connectivity index is 3.19. The van der Waals surface area contributed by atoms with Crippen molar-refractivity contribution >= 4 is 17.4 Å². The van der Waals surface area contributed by atoms with E-state index in [1.165, 1.54) is 6.20 Å². The number of amidine groups is 1. The topological polar surface area (TPSA) is 75.1 Å². The average molecular weight is 223 g/mol. The molecule has 5 heteroatoms. The maximum absolute atomic E-state index is 9.08. The molecule has 1 rings (SSSR count). The third-order valence-corrected chi connectivity index (χ3v) is 2.13.